The van der Waals surface area contributed by atoms with Gasteiger partial charge in [0, 0.05) is 24.8 Å². The van der Waals surface area contributed by atoms with E-state index in [9.17, 15) is 9.18 Å². The molecule has 178 valence electrons. The number of terminal acetylenes is 1. The SMILES string of the molecule is C#C.C[C@H]1CCCN1c1nc(Nc2cc(C#N)[nH]n2)c2cccn2n1.O=CNc1ccc(F)nc1. The van der Waals surface area contributed by atoms with E-state index in [1.54, 1.807) is 6.07 Å². The van der Waals surface area contributed by atoms with Gasteiger partial charge in [0.1, 0.15) is 17.3 Å². The topological polar surface area (TPSA) is 140 Å². The van der Waals surface area contributed by atoms with Crippen LogP contribution in [0, 0.1) is 30.1 Å². The predicted octanol–water partition coefficient (Wildman–Crippen LogP) is 3.09. The van der Waals surface area contributed by atoms with Crippen LogP contribution in [0.1, 0.15) is 25.5 Å². The molecular formula is C23H23FN10O. The summed E-state index contributed by atoms with van der Waals surface area (Å²) in [5.41, 5.74) is 1.75. The van der Waals surface area contributed by atoms with Gasteiger partial charge in [0.25, 0.3) is 0 Å². The van der Waals surface area contributed by atoms with Gasteiger partial charge in [0.15, 0.2) is 11.6 Å². The minimum atomic E-state index is -0.559. The van der Waals surface area contributed by atoms with Crippen LogP contribution in [-0.4, -0.2) is 48.8 Å². The van der Waals surface area contributed by atoms with Gasteiger partial charge in [-0.1, -0.05) is 0 Å². The minimum Gasteiger partial charge on any atom is -0.337 e. The zero-order valence-electron chi connectivity index (χ0n) is 18.9. The molecule has 1 saturated heterocycles. The number of nitrogens with zero attached hydrogens (tertiary/aromatic N) is 7. The normalized spacial score (nSPS) is 14.1. The van der Waals surface area contributed by atoms with Crippen LogP contribution in [0.3, 0.4) is 0 Å². The van der Waals surface area contributed by atoms with Crippen molar-refractivity contribution in [3.63, 3.8) is 0 Å². The lowest BCUT2D eigenvalue weighted by Crippen LogP contribution is -2.29. The molecule has 3 N–H and O–H groups in total. The van der Waals surface area contributed by atoms with Gasteiger partial charge in [-0.15, -0.1) is 17.9 Å². The summed E-state index contributed by atoms with van der Waals surface area (Å²) >= 11 is 0. The van der Waals surface area contributed by atoms with Crippen LogP contribution in [0.5, 0.6) is 0 Å². The van der Waals surface area contributed by atoms with Crippen molar-refractivity contribution in [2.75, 3.05) is 22.1 Å². The van der Waals surface area contributed by atoms with Crippen LogP contribution < -0.4 is 15.5 Å². The summed E-state index contributed by atoms with van der Waals surface area (Å²) in [6.45, 7) is 3.16. The van der Waals surface area contributed by atoms with Crippen molar-refractivity contribution in [3.05, 3.63) is 54.4 Å². The molecule has 1 aliphatic heterocycles. The molecule has 1 fully saturated rings. The lowest BCUT2D eigenvalue weighted by atomic mass is 10.2. The van der Waals surface area contributed by atoms with Crippen LogP contribution in [0.25, 0.3) is 5.52 Å². The van der Waals surface area contributed by atoms with Crippen LogP contribution in [0.2, 0.25) is 0 Å². The first kappa shape index (κ1) is 24.7. The van der Waals surface area contributed by atoms with Gasteiger partial charge in [-0.25, -0.2) is 9.50 Å². The highest BCUT2D eigenvalue weighted by atomic mass is 19.1. The van der Waals surface area contributed by atoms with Crippen LogP contribution in [0.15, 0.2) is 42.7 Å². The average molecular weight is 475 g/mol. The fourth-order valence-electron chi connectivity index (χ4n) is 3.46. The second kappa shape index (κ2) is 11.8. The van der Waals surface area contributed by atoms with Crippen molar-refractivity contribution >= 4 is 35.2 Å². The third kappa shape index (κ3) is 6.09. The molecule has 0 saturated carbocycles. The molecule has 4 aromatic rings. The van der Waals surface area contributed by atoms with E-state index in [0.29, 0.717) is 41.4 Å². The van der Waals surface area contributed by atoms with E-state index < -0.39 is 5.95 Å². The van der Waals surface area contributed by atoms with Crippen LogP contribution in [-0.2, 0) is 4.79 Å². The summed E-state index contributed by atoms with van der Waals surface area (Å²) in [4.78, 5) is 20.0. The number of hydrogen-bond acceptors (Lipinski definition) is 8. The lowest BCUT2D eigenvalue weighted by molar-refractivity contribution is -0.105. The van der Waals surface area contributed by atoms with E-state index in [2.05, 4.69) is 60.6 Å². The number of hydrogen-bond donors (Lipinski definition) is 3. The first-order valence-corrected chi connectivity index (χ1v) is 10.6. The molecule has 0 bridgehead atoms. The van der Waals surface area contributed by atoms with Gasteiger partial charge >= 0.3 is 0 Å². The second-order valence-electron chi connectivity index (χ2n) is 7.32. The smallest absolute Gasteiger partial charge is 0.245 e. The maximum atomic E-state index is 12.1. The van der Waals surface area contributed by atoms with Gasteiger partial charge in [-0.2, -0.15) is 19.7 Å². The molecule has 0 aliphatic carbocycles. The third-order valence-electron chi connectivity index (χ3n) is 5.09. The fourth-order valence-corrected chi connectivity index (χ4v) is 3.46. The Balaban J connectivity index is 0.000000240. The van der Waals surface area contributed by atoms with E-state index in [1.807, 2.05) is 28.9 Å². The average Bonchev–Trinajstić information content (AvgIpc) is 3.63. The molecule has 0 aromatic carbocycles. The van der Waals surface area contributed by atoms with Crippen LogP contribution in [0.4, 0.5) is 27.7 Å². The number of rotatable bonds is 5. The van der Waals surface area contributed by atoms with E-state index in [0.717, 1.165) is 24.9 Å². The highest BCUT2D eigenvalue weighted by Gasteiger charge is 2.24. The largest absolute Gasteiger partial charge is 0.337 e. The van der Waals surface area contributed by atoms with Gasteiger partial charge in [0.05, 0.1) is 11.9 Å². The molecule has 0 radical (unpaired) electrons. The summed E-state index contributed by atoms with van der Waals surface area (Å²) in [6.07, 6.45) is 14.0. The van der Waals surface area contributed by atoms with Gasteiger partial charge in [-0.3, -0.25) is 9.89 Å². The Morgan fingerprint density at radius 3 is 2.80 bits per heavy atom. The summed E-state index contributed by atoms with van der Waals surface area (Å²) in [7, 11) is 0. The Kier molecular flexibility index (Phi) is 8.29. The van der Waals surface area contributed by atoms with Gasteiger partial charge < -0.3 is 15.5 Å². The number of H-pyrrole nitrogens is 1. The molecule has 0 unspecified atom stereocenters. The monoisotopic (exact) mass is 474 g/mol. The molecule has 11 nitrogen and oxygen atoms in total. The van der Waals surface area contributed by atoms with Crippen molar-refractivity contribution < 1.29 is 9.18 Å². The number of nitrogens with one attached hydrogen (secondary N) is 3. The minimum absolute atomic E-state index is 0.404. The number of fused-ring (bicyclic) bond motifs is 1. The molecule has 35 heavy (non-hydrogen) atoms. The number of nitriles is 1. The Morgan fingerprint density at radius 2 is 2.17 bits per heavy atom. The van der Waals surface area contributed by atoms with Crippen molar-refractivity contribution in [2.45, 2.75) is 25.8 Å². The number of amides is 1. The van der Waals surface area contributed by atoms with Crippen molar-refractivity contribution in [3.8, 4) is 18.9 Å². The van der Waals surface area contributed by atoms with E-state index in [4.69, 9.17) is 5.26 Å². The molecule has 5 rings (SSSR count). The van der Waals surface area contributed by atoms with Crippen molar-refractivity contribution in [1.82, 2.24) is 29.8 Å². The quantitative estimate of drug-likeness (QED) is 0.228. The first-order valence-electron chi connectivity index (χ1n) is 10.6. The number of aromatic nitrogens is 6. The molecule has 1 amide bonds. The third-order valence-corrected chi connectivity index (χ3v) is 5.09. The molecular weight excluding hydrogens is 451 g/mol. The molecule has 5 heterocycles. The van der Waals surface area contributed by atoms with E-state index in [-0.39, 0.29) is 0 Å². The zero-order chi connectivity index (χ0) is 25.2. The molecule has 1 atom stereocenters. The Labute approximate surface area is 201 Å². The Morgan fingerprint density at radius 1 is 1.34 bits per heavy atom. The number of halogens is 1. The van der Waals surface area contributed by atoms with Crippen LogP contribution >= 0.6 is 0 Å². The maximum Gasteiger partial charge on any atom is 0.245 e. The molecule has 4 aromatic heterocycles. The number of aromatic amines is 1. The highest BCUT2D eigenvalue weighted by Crippen LogP contribution is 2.26. The fraction of sp³-hybridized carbons (Fsp3) is 0.217. The number of carbonyl (C=O) groups excluding carboxylic acids is 1. The van der Waals surface area contributed by atoms with Crippen molar-refractivity contribution in [1.29, 1.82) is 5.26 Å². The van der Waals surface area contributed by atoms with Gasteiger partial charge in [0.2, 0.25) is 18.3 Å². The Bertz CT molecular complexity index is 1320. The predicted molar refractivity (Wildman–Crippen MR) is 129 cm³/mol. The second-order valence-corrected chi connectivity index (χ2v) is 7.32. The molecule has 12 heteroatoms. The maximum absolute atomic E-state index is 12.1. The molecule has 1 aliphatic rings. The Hall–Kier alpha value is -4.97. The standard InChI is InChI=1S/C15H16N8.C6H5FN2O.C2H2/c1-10-4-2-6-22(10)15-18-14(12-5-3-7-23(12)21-15)17-13-8-11(9-16)19-20-13;7-6-2-1-5(3-8-6)9-4-10;1-2/h3,5,7-8,10H,2,4,6H2,1H3,(H2,17,18,19,20,21);1-4H,(H,9,10);1-2H/t10-;;/m0../s1. The van der Waals surface area contributed by atoms with E-state index >= 15 is 0 Å². The zero-order valence-corrected chi connectivity index (χ0v) is 18.9. The number of pyridine rings is 1. The summed E-state index contributed by atoms with van der Waals surface area (Å²) < 4.78 is 13.9. The number of anilines is 4. The van der Waals surface area contributed by atoms with Crippen molar-refractivity contribution in [2.24, 2.45) is 0 Å². The van der Waals surface area contributed by atoms with Gasteiger partial charge in [-0.05, 0) is 44.0 Å². The molecule has 0 spiro atoms. The summed E-state index contributed by atoms with van der Waals surface area (Å²) in [6, 6.07) is 10.6. The summed E-state index contributed by atoms with van der Waals surface area (Å²) in [5, 5.41) is 25.7. The first-order chi connectivity index (χ1) is 17.1. The number of carbonyl (C=O) groups is 1. The summed E-state index contributed by atoms with van der Waals surface area (Å²) in [5.74, 6) is 1.38. The van der Waals surface area contributed by atoms with E-state index in [1.165, 1.54) is 18.3 Å². The highest BCUT2D eigenvalue weighted by molar-refractivity contribution is 5.73. The lowest BCUT2D eigenvalue weighted by Gasteiger charge is -2.21.